The summed E-state index contributed by atoms with van der Waals surface area (Å²) in [6, 6.07) is -8.16. The third-order valence-electron chi connectivity index (χ3n) is 6.40. The lowest BCUT2D eigenvalue weighted by Crippen LogP contribution is -2.59. The van der Waals surface area contributed by atoms with Gasteiger partial charge in [-0.25, -0.2) is 9.59 Å². The summed E-state index contributed by atoms with van der Waals surface area (Å²) in [7, 11) is 0. The number of hydrogen-bond acceptors (Lipinski definition) is 10. The number of carboxylic acids is 4. The Kier molecular flexibility index (Phi) is 18.6. The van der Waals surface area contributed by atoms with Crippen molar-refractivity contribution in [2.75, 3.05) is 6.54 Å². The lowest BCUT2D eigenvalue weighted by Gasteiger charge is -2.27. The zero-order valence-corrected chi connectivity index (χ0v) is 25.4. The van der Waals surface area contributed by atoms with Crippen LogP contribution in [-0.2, 0) is 38.4 Å². The number of carbonyl (C=O) groups excluding carboxylic acids is 5. The Hall–Kier alpha value is -5.01. The summed E-state index contributed by atoms with van der Waals surface area (Å²) in [4.78, 5) is 108. The number of amides is 6. The molecule has 46 heavy (non-hydrogen) atoms. The number of nitrogens with one attached hydrogen (secondary N) is 5. The van der Waals surface area contributed by atoms with Gasteiger partial charge in [-0.1, -0.05) is 13.8 Å². The topological polar surface area (TPSA) is 347 Å². The maximum Gasteiger partial charge on any atom is 0.326 e. The van der Waals surface area contributed by atoms with E-state index in [-0.39, 0.29) is 25.8 Å². The van der Waals surface area contributed by atoms with Gasteiger partial charge in [0.25, 0.3) is 0 Å². The molecule has 0 bridgehead atoms. The molecule has 0 spiro atoms. The molecular weight excluding hydrogens is 618 g/mol. The molecule has 20 heteroatoms. The van der Waals surface area contributed by atoms with Crippen molar-refractivity contribution in [2.24, 2.45) is 17.4 Å². The second kappa shape index (κ2) is 20.9. The third-order valence-corrected chi connectivity index (χ3v) is 6.40. The summed E-state index contributed by atoms with van der Waals surface area (Å²) in [5.74, 6) is -9.98. The molecule has 0 aromatic heterocycles. The normalized spacial score (nSPS) is 14.0. The van der Waals surface area contributed by atoms with E-state index < -0.39 is 122 Å². The number of hydrogen-bond donors (Lipinski definition) is 11. The number of carbonyl (C=O) groups is 9. The van der Waals surface area contributed by atoms with E-state index in [1.807, 2.05) is 0 Å². The molecule has 260 valence electrons. The van der Waals surface area contributed by atoms with Crippen LogP contribution < -0.4 is 38.1 Å². The lowest BCUT2D eigenvalue weighted by atomic mass is 10.0. The Morgan fingerprint density at radius 3 is 1.46 bits per heavy atom. The van der Waals surface area contributed by atoms with Crippen molar-refractivity contribution in [1.82, 2.24) is 26.6 Å². The van der Waals surface area contributed by atoms with Crippen molar-refractivity contribution in [1.29, 1.82) is 0 Å². The van der Waals surface area contributed by atoms with E-state index in [0.717, 1.165) is 0 Å². The van der Waals surface area contributed by atoms with E-state index in [2.05, 4.69) is 26.6 Å². The molecule has 0 aliphatic heterocycles. The van der Waals surface area contributed by atoms with Crippen LogP contribution in [0.2, 0.25) is 0 Å². The first-order valence-corrected chi connectivity index (χ1v) is 14.2. The SMILES string of the molecule is CC(C)[C@H](NC(=O)[C@H](CCC(=O)O)NC(=O)[C@H](CCC(=O)O)NC(=O)[C@@H](N)CCC(=O)O)C(=O)N[C@@H](CCCNC(N)=O)C(=O)O. The average Bonchev–Trinajstić information content (AvgIpc) is 2.94. The largest absolute Gasteiger partial charge is 0.481 e. The van der Waals surface area contributed by atoms with Gasteiger partial charge >= 0.3 is 29.9 Å². The van der Waals surface area contributed by atoms with Gasteiger partial charge in [-0.05, 0) is 38.0 Å². The van der Waals surface area contributed by atoms with Gasteiger partial charge in [-0.3, -0.25) is 33.6 Å². The fourth-order valence-electron chi connectivity index (χ4n) is 3.86. The van der Waals surface area contributed by atoms with E-state index >= 15 is 0 Å². The molecule has 0 radical (unpaired) electrons. The number of urea groups is 1. The first kappa shape index (κ1) is 41.0. The molecule has 6 amide bonds. The van der Waals surface area contributed by atoms with E-state index in [0.29, 0.717) is 0 Å². The molecule has 0 aromatic carbocycles. The Balaban J connectivity index is 5.87. The zero-order chi connectivity index (χ0) is 35.6. The molecule has 0 fully saturated rings. The van der Waals surface area contributed by atoms with Crippen LogP contribution in [0.15, 0.2) is 0 Å². The van der Waals surface area contributed by atoms with Crippen LogP contribution in [-0.4, -0.2) is 111 Å². The van der Waals surface area contributed by atoms with Crippen molar-refractivity contribution in [3.8, 4) is 0 Å². The van der Waals surface area contributed by atoms with E-state index in [1.165, 1.54) is 13.8 Å². The molecule has 0 saturated heterocycles. The predicted octanol–water partition coefficient (Wildman–Crippen LogP) is -2.96. The van der Waals surface area contributed by atoms with Gasteiger partial charge in [0.15, 0.2) is 0 Å². The van der Waals surface area contributed by atoms with Gasteiger partial charge in [0.1, 0.15) is 24.2 Å². The summed E-state index contributed by atoms with van der Waals surface area (Å²) in [6.45, 7) is 3.08. The van der Waals surface area contributed by atoms with Crippen molar-refractivity contribution in [3.63, 3.8) is 0 Å². The maximum atomic E-state index is 13.2. The van der Waals surface area contributed by atoms with Gasteiger partial charge < -0.3 is 58.5 Å². The highest BCUT2D eigenvalue weighted by atomic mass is 16.4. The van der Waals surface area contributed by atoms with Gasteiger partial charge in [0.05, 0.1) is 6.04 Å². The van der Waals surface area contributed by atoms with Crippen molar-refractivity contribution < 1.29 is 63.6 Å². The van der Waals surface area contributed by atoms with Crippen LogP contribution in [0, 0.1) is 5.92 Å². The molecule has 20 nitrogen and oxygen atoms in total. The van der Waals surface area contributed by atoms with Crippen molar-refractivity contribution in [2.45, 2.75) is 95.4 Å². The highest BCUT2D eigenvalue weighted by Gasteiger charge is 2.33. The second-order valence-corrected chi connectivity index (χ2v) is 10.6. The van der Waals surface area contributed by atoms with Crippen LogP contribution in [0.3, 0.4) is 0 Å². The quantitative estimate of drug-likeness (QED) is 0.0487. The molecule has 0 unspecified atom stereocenters. The molecule has 0 heterocycles. The first-order chi connectivity index (χ1) is 21.3. The summed E-state index contributed by atoms with van der Waals surface area (Å²) in [6.07, 6.45) is -2.98. The molecule has 0 aliphatic carbocycles. The van der Waals surface area contributed by atoms with Gasteiger partial charge in [0.2, 0.25) is 23.6 Å². The highest BCUT2D eigenvalue weighted by Crippen LogP contribution is 2.09. The van der Waals surface area contributed by atoms with Crippen molar-refractivity contribution in [3.05, 3.63) is 0 Å². The highest BCUT2D eigenvalue weighted by molar-refractivity contribution is 5.96. The van der Waals surface area contributed by atoms with Gasteiger partial charge in [-0.15, -0.1) is 0 Å². The van der Waals surface area contributed by atoms with E-state index in [4.69, 9.17) is 26.8 Å². The fraction of sp³-hybridized carbons (Fsp3) is 0.654. The molecule has 0 aromatic rings. The minimum absolute atomic E-state index is 0.0342. The summed E-state index contributed by atoms with van der Waals surface area (Å²) >= 11 is 0. The lowest BCUT2D eigenvalue weighted by molar-refractivity contribution is -0.143. The van der Waals surface area contributed by atoms with E-state index in [1.54, 1.807) is 0 Å². The minimum atomic E-state index is -1.61. The zero-order valence-electron chi connectivity index (χ0n) is 25.4. The fourth-order valence-corrected chi connectivity index (χ4v) is 3.86. The molecule has 0 saturated carbocycles. The number of rotatable bonds is 23. The van der Waals surface area contributed by atoms with E-state index in [9.17, 15) is 48.3 Å². The van der Waals surface area contributed by atoms with Gasteiger partial charge in [0, 0.05) is 25.8 Å². The molecule has 5 atom stereocenters. The summed E-state index contributed by atoms with van der Waals surface area (Å²) in [5.41, 5.74) is 10.6. The van der Waals surface area contributed by atoms with Gasteiger partial charge in [-0.2, -0.15) is 0 Å². The molecule has 0 rings (SSSR count). The Morgan fingerprint density at radius 2 is 1.02 bits per heavy atom. The van der Waals surface area contributed by atoms with Crippen LogP contribution in [0.5, 0.6) is 0 Å². The Bertz CT molecular complexity index is 1130. The number of aliphatic carboxylic acids is 4. The third kappa shape index (κ3) is 17.3. The van der Waals surface area contributed by atoms with Crippen molar-refractivity contribution >= 4 is 53.5 Å². The first-order valence-electron chi connectivity index (χ1n) is 14.2. The smallest absolute Gasteiger partial charge is 0.326 e. The monoisotopic (exact) mass is 661 g/mol. The maximum absolute atomic E-state index is 13.2. The standard InChI is InChI=1S/C26H43N7O13/c1-12(2)20(24(43)32-16(25(44)45)4-3-11-29-26(28)46)33-23(42)15(7-10-19(38)39)31-22(41)14(6-9-18(36)37)30-21(40)13(27)5-8-17(34)35/h12-16,20H,3-11,27H2,1-2H3,(H,30,40)(H,31,41)(H,32,43)(H,33,42)(H,34,35)(H,36,37)(H,38,39)(H,44,45)(H3,28,29,46)/t13-,14-,15-,16-,20-/m0/s1. The predicted molar refractivity (Wildman–Crippen MR) is 156 cm³/mol. The second-order valence-electron chi connectivity index (χ2n) is 10.6. The number of nitrogens with two attached hydrogens (primary N) is 2. The van der Waals surface area contributed by atoms with Crippen LogP contribution in [0.1, 0.15) is 65.2 Å². The Morgan fingerprint density at radius 1 is 0.587 bits per heavy atom. The number of primary amides is 1. The number of carboxylic acid groups (broad SMARTS) is 4. The molecule has 13 N–H and O–H groups in total. The minimum Gasteiger partial charge on any atom is -0.481 e. The molecular formula is C26H43N7O13. The summed E-state index contributed by atoms with van der Waals surface area (Å²) < 4.78 is 0. The Labute approximate surface area is 263 Å². The van der Waals surface area contributed by atoms with Crippen LogP contribution in [0.25, 0.3) is 0 Å². The molecule has 0 aliphatic rings. The van der Waals surface area contributed by atoms with Crippen LogP contribution >= 0.6 is 0 Å². The van der Waals surface area contributed by atoms with Crippen LogP contribution in [0.4, 0.5) is 4.79 Å². The summed E-state index contributed by atoms with van der Waals surface area (Å²) in [5, 5.41) is 47.9. The average molecular weight is 662 g/mol.